The highest BCUT2D eigenvalue weighted by atomic mass is 32.1. The van der Waals surface area contributed by atoms with Crippen LogP contribution in [0, 0.1) is 6.92 Å². The summed E-state index contributed by atoms with van der Waals surface area (Å²) < 4.78 is 10.8. The van der Waals surface area contributed by atoms with Crippen LogP contribution in [0.5, 0.6) is 5.75 Å². The van der Waals surface area contributed by atoms with Gasteiger partial charge in [-0.1, -0.05) is 0 Å². The first kappa shape index (κ1) is 19.6. The summed E-state index contributed by atoms with van der Waals surface area (Å²) in [6.07, 6.45) is 1.54. The Hall–Kier alpha value is -3.13. The van der Waals surface area contributed by atoms with Gasteiger partial charge in [-0.25, -0.2) is 4.98 Å². The van der Waals surface area contributed by atoms with Gasteiger partial charge in [-0.3, -0.25) is 9.59 Å². The first-order valence-electron chi connectivity index (χ1n) is 8.76. The Morgan fingerprint density at radius 2 is 2.04 bits per heavy atom. The smallest absolute Gasteiger partial charge is 0.251 e. The van der Waals surface area contributed by atoms with Crippen LogP contribution >= 0.6 is 11.3 Å². The number of furan rings is 1. The van der Waals surface area contributed by atoms with Gasteiger partial charge in [0.1, 0.15) is 24.2 Å². The van der Waals surface area contributed by atoms with Crippen molar-refractivity contribution in [2.24, 2.45) is 0 Å². The van der Waals surface area contributed by atoms with E-state index in [0.29, 0.717) is 23.7 Å². The van der Waals surface area contributed by atoms with E-state index in [1.165, 1.54) is 6.26 Å². The van der Waals surface area contributed by atoms with Crippen molar-refractivity contribution >= 4 is 23.2 Å². The van der Waals surface area contributed by atoms with Gasteiger partial charge < -0.3 is 19.8 Å². The van der Waals surface area contributed by atoms with Gasteiger partial charge in [-0.05, 0) is 50.2 Å². The lowest BCUT2D eigenvalue weighted by atomic mass is 10.2. The summed E-state index contributed by atoms with van der Waals surface area (Å²) in [6.45, 7) is 4.22. The van der Waals surface area contributed by atoms with E-state index in [9.17, 15) is 9.59 Å². The third kappa shape index (κ3) is 5.43. The van der Waals surface area contributed by atoms with Crippen molar-refractivity contribution < 1.29 is 18.7 Å². The lowest BCUT2D eigenvalue weighted by Gasteiger charge is -2.14. The first-order valence-corrected chi connectivity index (χ1v) is 9.64. The maximum atomic E-state index is 12.3. The zero-order valence-electron chi connectivity index (χ0n) is 15.6. The molecule has 0 aliphatic heterocycles. The predicted octanol–water partition coefficient (Wildman–Crippen LogP) is 3.06. The Labute approximate surface area is 166 Å². The van der Waals surface area contributed by atoms with E-state index in [4.69, 9.17) is 9.15 Å². The number of carbonyl (C=O) groups is 2. The largest absolute Gasteiger partial charge is 0.487 e. The van der Waals surface area contributed by atoms with E-state index >= 15 is 0 Å². The number of nitrogens with one attached hydrogen (secondary N) is 2. The van der Waals surface area contributed by atoms with Crippen molar-refractivity contribution in [1.29, 1.82) is 0 Å². The van der Waals surface area contributed by atoms with Crippen LogP contribution in [0.1, 0.15) is 33.7 Å². The lowest BCUT2D eigenvalue weighted by molar-refractivity contribution is -0.122. The molecular weight excluding hydrogens is 378 g/mol. The minimum Gasteiger partial charge on any atom is -0.487 e. The molecule has 0 bridgehead atoms. The maximum absolute atomic E-state index is 12.3. The monoisotopic (exact) mass is 399 g/mol. The van der Waals surface area contributed by atoms with Gasteiger partial charge in [0.05, 0.1) is 23.5 Å². The van der Waals surface area contributed by atoms with Gasteiger partial charge in [0.2, 0.25) is 5.91 Å². The Morgan fingerprint density at radius 3 is 2.68 bits per heavy atom. The fraction of sp³-hybridized carbons (Fsp3) is 0.250. The summed E-state index contributed by atoms with van der Waals surface area (Å²) >= 11 is 1.57. The van der Waals surface area contributed by atoms with Crippen LogP contribution < -0.4 is 15.4 Å². The fourth-order valence-electron chi connectivity index (χ4n) is 2.42. The van der Waals surface area contributed by atoms with Crippen molar-refractivity contribution in [2.75, 3.05) is 0 Å². The summed E-state index contributed by atoms with van der Waals surface area (Å²) in [5.41, 5.74) is 1.32. The van der Waals surface area contributed by atoms with Crippen LogP contribution in [0.25, 0.3) is 0 Å². The van der Waals surface area contributed by atoms with E-state index in [1.807, 2.05) is 12.3 Å². The van der Waals surface area contributed by atoms with Crippen LogP contribution in [0.15, 0.2) is 52.5 Å². The van der Waals surface area contributed by atoms with Gasteiger partial charge in [0.15, 0.2) is 0 Å². The van der Waals surface area contributed by atoms with Gasteiger partial charge in [0.25, 0.3) is 5.91 Å². The van der Waals surface area contributed by atoms with Gasteiger partial charge in [-0.2, -0.15) is 0 Å². The Kier molecular flexibility index (Phi) is 6.44. The number of aryl methyl sites for hydroxylation is 1. The number of nitrogens with zero attached hydrogens (tertiary/aromatic N) is 1. The summed E-state index contributed by atoms with van der Waals surface area (Å²) in [5, 5.41) is 8.33. The molecule has 8 heteroatoms. The van der Waals surface area contributed by atoms with Crippen molar-refractivity contribution in [3.05, 3.63) is 70.1 Å². The molecule has 0 saturated heterocycles. The molecule has 28 heavy (non-hydrogen) atoms. The lowest BCUT2D eigenvalue weighted by Crippen LogP contribution is -2.44. The van der Waals surface area contributed by atoms with Crippen LogP contribution in [0.3, 0.4) is 0 Å². The minimum atomic E-state index is -0.675. The third-order valence-electron chi connectivity index (χ3n) is 3.93. The van der Waals surface area contributed by atoms with Crippen LogP contribution in [-0.2, 0) is 17.9 Å². The number of aromatic nitrogens is 1. The van der Waals surface area contributed by atoms with E-state index in [1.54, 1.807) is 54.7 Å². The third-order valence-corrected chi connectivity index (χ3v) is 4.75. The molecule has 0 aliphatic carbocycles. The van der Waals surface area contributed by atoms with Crippen molar-refractivity contribution in [3.63, 3.8) is 0 Å². The van der Waals surface area contributed by atoms with E-state index in [2.05, 4.69) is 15.6 Å². The molecule has 0 aliphatic rings. The van der Waals surface area contributed by atoms with Crippen LogP contribution in [0.2, 0.25) is 0 Å². The zero-order valence-corrected chi connectivity index (χ0v) is 16.4. The average molecular weight is 399 g/mol. The topological polar surface area (TPSA) is 93.5 Å². The van der Waals surface area contributed by atoms with E-state index in [0.717, 1.165) is 10.7 Å². The standard InChI is InChI=1S/C20H21N3O4S/c1-13(19(24)21-10-18-4-3-9-26-18)22-20(25)15-5-7-17(8-6-15)27-11-16-12-28-14(2)23-16/h3-9,12-13H,10-11H2,1-2H3,(H,21,24)(H,22,25). The summed E-state index contributed by atoms with van der Waals surface area (Å²) in [7, 11) is 0. The first-order chi connectivity index (χ1) is 13.5. The van der Waals surface area contributed by atoms with E-state index < -0.39 is 6.04 Å². The molecule has 3 aromatic rings. The second-order valence-electron chi connectivity index (χ2n) is 6.16. The molecule has 146 valence electrons. The highest BCUT2D eigenvalue weighted by Crippen LogP contribution is 2.15. The Bertz CT molecular complexity index is 919. The van der Waals surface area contributed by atoms with Crippen molar-refractivity contribution in [2.45, 2.75) is 33.0 Å². The molecule has 7 nitrogen and oxygen atoms in total. The van der Waals surface area contributed by atoms with Gasteiger partial charge >= 0.3 is 0 Å². The highest BCUT2D eigenvalue weighted by molar-refractivity contribution is 7.09. The number of carbonyl (C=O) groups excluding carboxylic acids is 2. The molecule has 1 aromatic carbocycles. The number of benzene rings is 1. The highest BCUT2D eigenvalue weighted by Gasteiger charge is 2.16. The molecule has 0 saturated carbocycles. The summed E-state index contributed by atoms with van der Waals surface area (Å²) in [5.74, 6) is 0.673. The van der Waals surface area contributed by atoms with Crippen molar-refractivity contribution in [1.82, 2.24) is 15.6 Å². The Balaban J connectivity index is 1.47. The van der Waals surface area contributed by atoms with Crippen LogP contribution in [0.4, 0.5) is 0 Å². The molecule has 2 N–H and O–H groups in total. The summed E-state index contributed by atoms with van der Waals surface area (Å²) in [6, 6.07) is 9.59. The molecule has 0 fully saturated rings. The number of hydrogen-bond acceptors (Lipinski definition) is 6. The molecule has 0 radical (unpaired) electrons. The molecule has 2 heterocycles. The second-order valence-corrected chi connectivity index (χ2v) is 7.23. The normalized spacial score (nSPS) is 11.6. The van der Waals surface area contributed by atoms with Gasteiger partial charge in [-0.15, -0.1) is 11.3 Å². The molecule has 2 amide bonds. The van der Waals surface area contributed by atoms with Crippen molar-refractivity contribution in [3.8, 4) is 5.75 Å². The summed E-state index contributed by atoms with van der Waals surface area (Å²) in [4.78, 5) is 28.8. The SMILES string of the molecule is Cc1nc(COc2ccc(C(=O)NC(C)C(=O)NCc3ccco3)cc2)cs1. The average Bonchev–Trinajstić information content (AvgIpc) is 3.36. The number of hydrogen-bond donors (Lipinski definition) is 2. The molecular formula is C20H21N3O4S. The number of thiazole rings is 1. The van der Waals surface area contributed by atoms with E-state index in [-0.39, 0.29) is 18.4 Å². The molecule has 3 rings (SSSR count). The minimum absolute atomic E-state index is 0.274. The zero-order chi connectivity index (χ0) is 19.9. The molecule has 1 atom stereocenters. The number of amides is 2. The van der Waals surface area contributed by atoms with Gasteiger partial charge in [0, 0.05) is 10.9 Å². The van der Waals surface area contributed by atoms with Crippen LogP contribution in [-0.4, -0.2) is 22.8 Å². The molecule has 1 unspecified atom stereocenters. The number of rotatable bonds is 8. The predicted molar refractivity (Wildman–Crippen MR) is 105 cm³/mol. The quantitative estimate of drug-likeness (QED) is 0.607. The maximum Gasteiger partial charge on any atom is 0.251 e. The molecule has 2 aromatic heterocycles. The Morgan fingerprint density at radius 1 is 1.25 bits per heavy atom. The molecule has 0 spiro atoms. The number of ether oxygens (including phenoxy) is 1. The second kappa shape index (κ2) is 9.18. The fourth-order valence-corrected chi connectivity index (χ4v) is 3.02.